The lowest BCUT2D eigenvalue weighted by Gasteiger charge is -2.22. The molecule has 1 aliphatic heterocycles. The second-order valence-electron chi connectivity index (χ2n) is 6.72. The van der Waals surface area contributed by atoms with Crippen LogP contribution in [0.4, 0.5) is 5.69 Å². The van der Waals surface area contributed by atoms with E-state index in [-0.39, 0.29) is 24.6 Å². The molecule has 148 valence electrons. The summed E-state index contributed by atoms with van der Waals surface area (Å²) in [7, 11) is 0. The quantitative estimate of drug-likeness (QED) is 0.722. The van der Waals surface area contributed by atoms with Gasteiger partial charge >= 0.3 is 5.97 Å². The number of hydrogen-bond donors (Lipinski definition) is 1. The number of esters is 1. The van der Waals surface area contributed by atoms with Crippen molar-refractivity contribution in [2.45, 2.75) is 45.7 Å². The van der Waals surface area contributed by atoms with Crippen LogP contribution in [0.15, 0.2) is 40.8 Å². The van der Waals surface area contributed by atoms with Crippen LogP contribution < -0.4 is 10.3 Å². The van der Waals surface area contributed by atoms with Gasteiger partial charge in [-0.1, -0.05) is 32.0 Å². The number of nitrogens with zero attached hydrogens (tertiary/aromatic N) is 3. The Labute approximate surface area is 168 Å². The van der Waals surface area contributed by atoms with Gasteiger partial charge in [0.2, 0.25) is 5.91 Å². The van der Waals surface area contributed by atoms with Crippen molar-refractivity contribution in [1.82, 2.24) is 10.3 Å². The number of para-hydroxylation sites is 1. The molecule has 1 amide bonds. The Morgan fingerprint density at radius 2 is 2.07 bits per heavy atom. The van der Waals surface area contributed by atoms with Crippen LogP contribution in [0.5, 0.6) is 0 Å². The van der Waals surface area contributed by atoms with Crippen LogP contribution in [0, 0.1) is 0 Å². The van der Waals surface area contributed by atoms with Crippen LogP contribution in [0.1, 0.15) is 43.8 Å². The van der Waals surface area contributed by atoms with Crippen molar-refractivity contribution < 1.29 is 14.3 Å². The van der Waals surface area contributed by atoms with Crippen LogP contribution in [-0.2, 0) is 20.9 Å². The molecule has 0 spiro atoms. The first kappa shape index (κ1) is 20.0. The molecule has 7 nitrogen and oxygen atoms in total. The van der Waals surface area contributed by atoms with E-state index in [1.54, 1.807) is 23.3 Å². The third-order valence-corrected chi connectivity index (χ3v) is 5.45. The molecule has 1 atom stereocenters. The number of aromatic nitrogens is 1. The normalized spacial score (nSPS) is 16.2. The molecule has 2 heterocycles. The summed E-state index contributed by atoms with van der Waals surface area (Å²) in [6.07, 6.45) is 0.202. The van der Waals surface area contributed by atoms with Crippen molar-refractivity contribution in [2.24, 2.45) is 5.10 Å². The van der Waals surface area contributed by atoms with Gasteiger partial charge < -0.3 is 10.1 Å². The maximum absolute atomic E-state index is 12.9. The Hall–Kier alpha value is -2.74. The third-order valence-electron chi connectivity index (χ3n) is 4.25. The minimum atomic E-state index is -0.606. The molecule has 3 rings (SSSR count). The van der Waals surface area contributed by atoms with E-state index in [1.807, 2.05) is 35.7 Å². The standard InChI is InChI=1S/C20H24N4O3S/c1-4-27-20(26)16-10-17(24(23-16)15-8-6-5-7-9-15)18(25)21-11-14-12-28-19(22-14)13(2)3/h5-9,12-13,17H,4,10-11H2,1-3H3,(H,21,25). The van der Waals surface area contributed by atoms with Crippen molar-refractivity contribution in [3.05, 3.63) is 46.4 Å². The van der Waals surface area contributed by atoms with E-state index < -0.39 is 12.0 Å². The van der Waals surface area contributed by atoms with Crippen LogP contribution in [0.3, 0.4) is 0 Å². The number of hydrazone groups is 1. The number of hydrogen-bond acceptors (Lipinski definition) is 7. The number of amides is 1. The second-order valence-corrected chi connectivity index (χ2v) is 7.61. The molecule has 1 aromatic carbocycles. The van der Waals surface area contributed by atoms with Gasteiger partial charge in [-0.2, -0.15) is 5.10 Å². The molecule has 1 aromatic heterocycles. The monoisotopic (exact) mass is 400 g/mol. The van der Waals surface area contributed by atoms with E-state index in [4.69, 9.17) is 4.74 Å². The van der Waals surface area contributed by atoms with Gasteiger partial charge in [-0.15, -0.1) is 11.3 Å². The van der Waals surface area contributed by atoms with Gasteiger partial charge in [-0.25, -0.2) is 9.78 Å². The van der Waals surface area contributed by atoms with Crippen molar-refractivity contribution in [2.75, 3.05) is 11.6 Å². The number of carbonyl (C=O) groups excluding carboxylic acids is 2. The zero-order chi connectivity index (χ0) is 20.1. The summed E-state index contributed by atoms with van der Waals surface area (Å²) in [5.41, 5.74) is 1.83. The van der Waals surface area contributed by atoms with Crippen molar-refractivity contribution >= 4 is 34.6 Å². The van der Waals surface area contributed by atoms with E-state index in [0.29, 0.717) is 12.5 Å². The summed E-state index contributed by atoms with van der Waals surface area (Å²) in [6.45, 7) is 6.53. The number of nitrogens with one attached hydrogen (secondary N) is 1. The maximum Gasteiger partial charge on any atom is 0.354 e. The highest BCUT2D eigenvalue weighted by molar-refractivity contribution is 7.09. The summed E-state index contributed by atoms with van der Waals surface area (Å²) >= 11 is 1.59. The summed E-state index contributed by atoms with van der Waals surface area (Å²) in [5.74, 6) is -0.329. The third kappa shape index (κ3) is 4.56. The first-order valence-corrected chi connectivity index (χ1v) is 10.2. The van der Waals surface area contributed by atoms with E-state index in [2.05, 4.69) is 29.2 Å². The average Bonchev–Trinajstić information content (AvgIpc) is 3.34. The van der Waals surface area contributed by atoms with Crippen molar-refractivity contribution in [1.29, 1.82) is 0 Å². The number of carbonyl (C=O) groups is 2. The molecule has 0 aliphatic carbocycles. The van der Waals surface area contributed by atoms with Crippen LogP contribution in [0.2, 0.25) is 0 Å². The Morgan fingerprint density at radius 1 is 1.32 bits per heavy atom. The fourth-order valence-electron chi connectivity index (χ4n) is 2.84. The molecule has 1 aliphatic rings. The molecule has 28 heavy (non-hydrogen) atoms. The van der Waals surface area contributed by atoms with E-state index in [1.165, 1.54) is 0 Å². The predicted molar refractivity (Wildman–Crippen MR) is 109 cm³/mol. The van der Waals surface area contributed by atoms with Crippen LogP contribution in [0.25, 0.3) is 0 Å². The highest BCUT2D eigenvalue weighted by Crippen LogP contribution is 2.25. The average molecular weight is 401 g/mol. The second kappa shape index (κ2) is 8.97. The molecule has 0 fully saturated rings. The van der Waals surface area contributed by atoms with Gasteiger partial charge in [0.15, 0.2) is 0 Å². The molecule has 1 N–H and O–H groups in total. The highest BCUT2D eigenvalue weighted by atomic mass is 32.1. The number of anilines is 1. The summed E-state index contributed by atoms with van der Waals surface area (Å²) in [5, 5.41) is 11.9. The van der Waals surface area contributed by atoms with Gasteiger partial charge in [0.05, 0.1) is 29.5 Å². The highest BCUT2D eigenvalue weighted by Gasteiger charge is 2.36. The largest absolute Gasteiger partial charge is 0.461 e. The van der Waals surface area contributed by atoms with Gasteiger partial charge in [-0.05, 0) is 19.1 Å². The van der Waals surface area contributed by atoms with E-state index >= 15 is 0 Å². The first-order valence-electron chi connectivity index (χ1n) is 9.30. The molecular weight excluding hydrogens is 376 g/mol. The molecule has 0 saturated carbocycles. The minimum Gasteiger partial charge on any atom is -0.461 e. The number of rotatable bonds is 7. The lowest BCUT2D eigenvalue weighted by molar-refractivity contribution is -0.135. The maximum atomic E-state index is 12.9. The topological polar surface area (TPSA) is 83.9 Å². The fraction of sp³-hybridized carbons (Fsp3) is 0.400. The zero-order valence-electron chi connectivity index (χ0n) is 16.2. The molecular formula is C20H24N4O3S. The Bertz CT molecular complexity index is 863. The summed E-state index contributed by atoms with van der Waals surface area (Å²) in [4.78, 5) is 29.5. The van der Waals surface area contributed by atoms with Crippen molar-refractivity contribution in [3.8, 4) is 0 Å². The van der Waals surface area contributed by atoms with Crippen molar-refractivity contribution in [3.63, 3.8) is 0 Å². The molecule has 1 unspecified atom stereocenters. The summed E-state index contributed by atoms with van der Waals surface area (Å²) < 4.78 is 5.06. The Kier molecular flexibility index (Phi) is 6.41. The van der Waals surface area contributed by atoms with Gasteiger partial charge in [0, 0.05) is 17.7 Å². The lowest BCUT2D eigenvalue weighted by atomic mass is 10.1. The van der Waals surface area contributed by atoms with Crippen LogP contribution in [-0.4, -0.2) is 35.2 Å². The SMILES string of the molecule is CCOC(=O)C1=NN(c2ccccc2)C(C(=O)NCc2csc(C(C)C)n2)C1. The van der Waals surface area contributed by atoms with E-state index in [9.17, 15) is 9.59 Å². The Balaban J connectivity index is 1.72. The van der Waals surface area contributed by atoms with E-state index in [0.717, 1.165) is 16.4 Å². The number of thiazole rings is 1. The van der Waals surface area contributed by atoms with Crippen LogP contribution >= 0.6 is 11.3 Å². The zero-order valence-corrected chi connectivity index (χ0v) is 17.0. The fourth-order valence-corrected chi connectivity index (χ4v) is 3.67. The number of ether oxygens (including phenoxy) is 1. The molecule has 0 radical (unpaired) electrons. The molecule has 0 bridgehead atoms. The van der Waals surface area contributed by atoms with Gasteiger partial charge in [0.1, 0.15) is 11.8 Å². The molecule has 8 heteroatoms. The molecule has 2 aromatic rings. The smallest absolute Gasteiger partial charge is 0.354 e. The molecule has 0 saturated heterocycles. The number of benzene rings is 1. The first-order chi connectivity index (χ1) is 13.5. The van der Waals surface area contributed by atoms with Gasteiger partial charge in [0.25, 0.3) is 0 Å². The minimum absolute atomic E-state index is 0.202. The van der Waals surface area contributed by atoms with Gasteiger partial charge in [-0.3, -0.25) is 9.80 Å². The predicted octanol–water partition coefficient (Wildman–Crippen LogP) is 3.08. The summed E-state index contributed by atoms with van der Waals surface area (Å²) in [6, 6.07) is 8.72. The Morgan fingerprint density at radius 3 is 2.71 bits per heavy atom. The lowest BCUT2D eigenvalue weighted by Crippen LogP contribution is -2.42.